The molecule has 7 heteroatoms. The van der Waals surface area contributed by atoms with E-state index in [1.54, 1.807) is 24.0 Å². The molecule has 0 bridgehead atoms. The molecule has 0 unspecified atom stereocenters. The molecule has 34 heavy (non-hydrogen) atoms. The largest absolute Gasteiger partial charge is 0.490 e. The van der Waals surface area contributed by atoms with Crippen molar-refractivity contribution in [1.29, 1.82) is 0 Å². The fourth-order valence-electron chi connectivity index (χ4n) is 4.93. The summed E-state index contributed by atoms with van der Waals surface area (Å²) in [5.74, 6) is 0.624. The first-order valence-electron chi connectivity index (χ1n) is 11.4. The number of amides is 2. The molecule has 0 saturated carbocycles. The molecule has 0 saturated heterocycles. The quantitative estimate of drug-likeness (QED) is 0.529. The topological polar surface area (TPSA) is 61.9 Å². The molecular weight excluding hydrogens is 450 g/mol. The molecule has 2 heterocycles. The Morgan fingerprint density at radius 1 is 1.09 bits per heavy atom. The number of para-hydroxylation sites is 1. The van der Waals surface area contributed by atoms with Crippen LogP contribution in [-0.2, 0) is 4.79 Å². The highest BCUT2D eigenvalue weighted by atomic mass is 35.5. The zero-order chi connectivity index (χ0) is 23.8. The normalized spacial score (nSPS) is 18.7. The summed E-state index contributed by atoms with van der Waals surface area (Å²) in [7, 11) is 0. The molecule has 3 aromatic carbocycles. The fourth-order valence-corrected chi connectivity index (χ4v) is 5.06. The van der Waals surface area contributed by atoms with E-state index in [4.69, 9.17) is 16.3 Å². The highest BCUT2D eigenvalue weighted by molar-refractivity contribution is 6.30. The van der Waals surface area contributed by atoms with Gasteiger partial charge in [0.1, 0.15) is 12.4 Å². The van der Waals surface area contributed by atoms with Crippen molar-refractivity contribution in [3.63, 3.8) is 0 Å². The standard InChI is InChI=1S/C27H26ClN3O3/c1-17-15-25(31(18(2)32)21-10-8-20(28)9-11-21)22-5-3-4-6-24(22)30(17)27(33)19-7-12-26-23(16-19)29-13-14-34-26/h3-12,16-17,25,29H,13-15H2,1-2H3/t17-,25+/m0/s1. The maximum atomic E-state index is 13.7. The summed E-state index contributed by atoms with van der Waals surface area (Å²) in [6.45, 7) is 4.92. The van der Waals surface area contributed by atoms with Crippen LogP contribution >= 0.6 is 11.6 Å². The first-order chi connectivity index (χ1) is 16.4. The van der Waals surface area contributed by atoms with Crippen LogP contribution in [-0.4, -0.2) is 31.0 Å². The van der Waals surface area contributed by atoms with Gasteiger partial charge in [-0.05, 0) is 67.4 Å². The SMILES string of the molecule is CC(=O)N(c1ccc(Cl)cc1)[C@@H]1C[C@H](C)N(C(=O)c2ccc3c(c2)NCCO3)c2ccccc21. The fraction of sp³-hybridized carbons (Fsp3) is 0.259. The van der Waals surface area contributed by atoms with Gasteiger partial charge in [0.15, 0.2) is 0 Å². The highest BCUT2D eigenvalue weighted by Crippen LogP contribution is 2.43. The first-order valence-corrected chi connectivity index (χ1v) is 11.8. The van der Waals surface area contributed by atoms with Crippen LogP contribution in [0.3, 0.4) is 0 Å². The predicted molar refractivity (Wildman–Crippen MR) is 135 cm³/mol. The summed E-state index contributed by atoms with van der Waals surface area (Å²) in [5, 5.41) is 3.92. The van der Waals surface area contributed by atoms with Crippen LogP contribution < -0.4 is 19.9 Å². The molecule has 6 nitrogen and oxygen atoms in total. The van der Waals surface area contributed by atoms with Gasteiger partial charge in [-0.2, -0.15) is 0 Å². The molecule has 2 aliphatic heterocycles. The lowest BCUT2D eigenvalue weighted by Crippen LogP contribution is -2.47. The van der Waals surface area contributed by atoms with Crippen LogP contribution in [0, 0.1) is 0 Å². The van der Waals surface area contributed by atoms with Crippen molar-refractivity contribution < 1.29 is 14.3 Å². The molecule has 3 aromatic rings. The maximum absolute atomic E-state index is 13.7. The molecule has 5 rings (SSSR count). The number of carbonyl (C=O) groups excluding carboxylic acids is 2. The van der Waals surface area contributed by atoms with Crippen molar-refractivity contribution in [2.45, 2.75) is 32.4 Å². The van der Waals surface area contributed by atoms with Gasteiger partial charge in [0.05, 0.1) is 11.7 Å². The second-order valence-corrected chi connectivity index (χ2v) is 9.12. The molecule has 2 amide bonds. The number of ether oxygens (including phenoxy) is 1. The van der Waals surface area contributed by atoms with Gasteiger partial charge in [-0.3, -0.25) is 9.59 Å². The van der Waals surface area contributed by atoms with Crippen LogP contribution in [0.25, 0.3) is 0 Å². The monoisotopic (exact) mass is 475 g/mol. The van der Waals surface area contributed by atoms with Gasteiger partial charge in [-0.1, -0.05) is 29.8 Å². The number of rotatable bonds is 3. The predicted octanol–water partition coefficient (Wildman–Crippen LogP) is 5.68. The molecular formula is C27H26ClN3O3. The Morgan fingerprint density at radius 3 is 2.62 bits per heavy atom. The zero-order valence-electron chi connectivity index (χ0n) is 19.1. The number of hydrogen-bond donors (Lipinski definition) is 1. The summed E-state index contributed by atoms with van der Waals surface area (Å²) in [6, 6.07) is 20.3. The van der Waals surface area contributed by atoms with Gasteiger partial charge in [0, 0.05) is 41.5 Å². The second-order valence-electron chi connectivity index (χ2n) is 8.69. The molecule has 0 spiro atoms. The smallest absolute Gasteiger partial charge is 0.258 e. The van der Waals surface area contributed by atoms with Crippen molar-refractivity contribution in [3.05, 3.63) is 82.9 Å². The van der Waals surface area contributed by atoms with E-state index in [1.165, 1.54) is 0 Å². The van der Waals surface area contributed by atoms with Gasteiger partial charge < -0.3 is 19.9 Å². The maximum Gasteiger partial charge on any atom is 0.258 e. The van der Waals surface area contributed by atoms with E-state index in [1.807, 2.05) is 66.4 Å². The van der Waals surface area contributed by atoms with Crippen LogP contribution in [0.1, 0.15) is 42.2 Å². The molecule has 174 valence electrons. The third-order valence-corrected chi connectivity index (χ3v) is 6.69. The average Bonchev–Trinajstić information content (AvgIpc) is 2.84. The van der Waals surface area contributed by atoms with E-state index in [9.17, 15) is 9.59 Å². The molecule has 2 aliphatic rings. The van der Waals surface area contributed by atoms with Crippen molar-refractivity contribution in [2.24, 2.45) is 0 Å². The first kappa shape index (κ1) is 22.3. The van der Waals surface area contributed by atoms with Crippen molar-refractivity contribution in [3.8, 4) is 5.75 Å². The Kier molecular flexibility index (Phi) is 5.92. The van der Waals surface area contributed by atoms with Crippen LogP contribution in [0.4, 0.5) is 17.1 Å². The Bertz CT molecular complexity index is 1240. The Labute approximate surface area is 204 Å². The second kappa shape index (κ2) is 9.03. The lowest BCUT2D eigenvalue weighted by molar-refractivity contribution is -0.117. The summed E-state index contributed by atoms with van der Waals surface area (Å²) < 4.78 is 5.66. The van der Waals surface area contributed by atoms with Gasteiger partial charge in [0.2, 0.25) is 5.91 Å². The van der Waals surface area contributed by atoms with Crippen molar-refractivity contribution in [1.82, 2.24) is 0 Å². The molecule has 0 radical (unpaired) electrons. The van der Waals surface area contributed by atoms with Crippen molar-refractivity contribution in [2.75, 3.05) is 28.3 Å². The molecule has 0 fully saturated rings. The Morgan fingerprint density at radius 2 is 1.85 bits per heavy atom. The van der Waals surface area contributed by atoms with Gasteiger partial charge >= 0.3 is 0 Å². The van der Waals surface area contributed by atoms with E-state index in [-0.39, 0.29) is 23.9 Å². The van der Waals surface area contributed by atoms with E-state index < -0.39 is 0 Å². The van der Waals surface area contributed by atoms with Crippen LogP contribution in [0.5, 0.6) is 5.75 Å². The van der Waals surface area contributed by atoms with E-state index in [0.29, 0.717) is 30.2 Å². The minimum Gasteiger partial charge on any atom is -0.490 e. The number of nitrogens with zero attached hydrogens (tertiary/aromatic N) is 2. The lowest BCUT2D eigenvalue weighted by Gasteiger charge is -2.43. The number of hydrogen-bond acceptors (Lipinski definition) is 4. The van der Waals surface area contributed by atoms with E-state index in [2.05, 4.69) is 5.32 Å². The Balaban J connectivity index is 1.53. The zero-order valence-corrected chi connectivity index (χ0v) is 19.9. The van der Waals surface area contributed by atoms with Crippen molar-refractivity contribution >= 4 is 40.5 Å². The number of halogens is 1. The lowest BCUT2D eigenvalue weighted by atomic mass is 9.89. The third kappa shape index (κ3) is 3.99. The number of anilines is 3. The molecule has 2 atom stereocenters. The molecule has 1 N–H and O–H groups in total. The highest BCUT2D eigenvalue weighted by Gasteiger charge is 2.38. The van der Waals surface area contributed by atoms with E-state index in [0.717, 1.165) is 28.4 Å². The summed E-state index contributed by atoms with van der Waals surface area (Å²) in [4.78, 5) is 30.2. The van der Waals surface area contributed by atoms with Crippen LogP contribution in [0.15, 0.2) is 66.7 Å². The number of nitrogens with one attached hydrogen (secondary N) is 1. The van der Waals surface area contributed by atoms with Gasteiger partial charge in [0.25, 0.3) is 5.91 Å². The molecule has 0 aliphatic carbocycles. The van der Waals surface area contributed by atoms with E-state index >= 15 is 0 Å². The minimum atomic E-state index is -0.201. The molecule has 0 aromatic heterocycles. The number of carbonyl (C=O) groups is 2. The van der Waals surface area contributed by atoms with Crippen LogP contribution in [0.2, 0.25) is 5.02 Å². The minimum absolute atomic E-state index is 0.0603. The van der Waals surface area contributed by atoms with Gasteiger partial charge in [-0.25, -0.2) is 0 Å². The third-order valence-electron chi connectivity index (χ3n) is 6.44. The summed E-state index contributed by atoms with van der Waals surface area (Å²) >= 11 is 6.08. The number of fused-ring (bicyclic) bond motifs is 2. The summed E-state index contributed by atoms with van der Waals surface area (Å²) in [5.41, 5.74) is 3.97. The summed E-state index contributed by atoms with van der Waals surface area (Å²) in [6.07, 6.45) is 0.608. The Hall–Kier alpha value is -3.51. The van der Waals surface area contributed by atoms with Gasteiger partial charge in [-0.15, -0.1) is 0 Å². The number of benzene rings is 3. The average molecular weight is 476 g/mol.